The standard InChI is InChI=1S/C14H16O2/c1-11(10-15-2)16-14-9-5-7-12-6-3-4-8-13(12)14/h3-9,11H,10H2,1-2H3. The molecule has 0 heterocycles. The van der Waals surface area contributed by atoms with Crippen LogP contribution in [-0.2, 0) is 4.74 Å². The van der Waals surface area contributed by atoms with E-state index in [-0.39, 0.29) is 6.10 Å². The fourth-order valence-electron chi connectivity index (χ4n) is 1.78. The highest BCUT2D eigenvalue weighted by atomic mass is 16.5. The number of hydrogen-bond donors (Lipinski definition) is 0. The first-order valence-corrected chi connectivity index (χ1v) is 5.44. The summed E-state index contributed by atoms with van der Waals surface area (Å²) in [6, 6.07) is 14.3. The Morgan fingerprint density at radius 2 is 1.81 bits per heavy atom. The maximum absolute atomic E-state index is 5.84. The van der Waals surface area contributed by atoms with Crippen LogP contribution in [0.2, 0.25) is 0 Å². The highest BCUT2D eigenvalue weighted by molar-refractivity contribution is 5.88. The van der Waals surface area contributed by atoms with E-state index in [1.54, 1.807) is 7.11 Å². The molecule has 0 spiro atoms. The Kier molecular flexibility index (Phi) is 3.42. The topological polar surface area (TPSA) is 18.5 Å². The summed E-state index contributed by atoms with van der Waals surface area (Å²) < 4.78 is 10.9. The van der Waals surface area contributed by atoms with Gasteiger partial charge in [-0.1, -0.05) is 36.4 Å². The Bertz CT molecular complexity index is 460. The number of rotatable bonds is 4. The Morgan fingerprint density at radius 3 is 2.62 bits per heavy atom. The molecule has 2 aromatic carbocycles. The lowest BCUT2D eigenvalue weighted by atomic mass is 10.1. The summed E-state index contributed by atoms with van der Waals surface area (Å²) in [6.45, 7) is 2.61. The van der Waals surface area contributed by atoms with Crippen LogP contribution < -0.4 is 4.74 Å². The van der Waals surface area contributed by atoms with Crippen molar-refractivity contribution in [3.63, 3.8) is 0 Å². The van der Waals surface area contributed by atoms with Crippen LogP contribution in [0.1, 0.15) is 6.92 Å². The molecule has 2 aromatic rings. The molecular weight excluding hydrogens is 200 g/mol. The van der Waals surface area contributed by atoms with Crippen LogP contribution in [-0.4, -0.2) is 19.8 Å². The normalized spacial score (nSPS) is 12.6. The third-order valence-corrected chi connectivity index (χ3v) is 2.48. The molecule has 2 heteroatoms. The molecule has 0 bridgehead atoms. The Morgan fingerprint density at radius 1 is 1.06 bits per heavy atom. The van der Waals surface area contributed by atoms with Crippen LogP contribution in [0.5, 0.6) is 5.75 Å². The highest BCUT2D eigenvalue weighted by Crippen LogP contribution is 2.25. The number of hydrogen-bond acceptors (Lipinski definition) is 2. The summed E-state index contributed by atoms with van der Waals surface area (Å²) in [5.41, 5.74) is 0. The molecule has 0 radical (unpaired) electrons. The van der Waals surface area contributed by atoms with Crippen LogP contribution in [0.25, 0.3) is 10.8 Å². The molecule has 16 heavy (non-hydrogen) atoms. The summed E-state index contributed by atoms with van der Waals surface area (Å²) in [5, 5.41) is 2.34. The van der Waals surface area contributed by atoms with Gasteiger partial charge in [0.05, 0.1) is 6.61 Å². The number of benzene rings is 2. The molecule has 0 aliphatic rings. The first-order valence-electron chi connectivity index (χ1n) is 5.44. The smallest absolute Gasteiger partial charge is 0.127 e. The molecule has 2 rings (SSSR count). The molecular formula is C14H16O2. The molecule has 0 aliphatic heterocycles. The lowest BCUT2D eigenvalue weighted by Crippen LogP contribution is -2.17. The molecule has 0 amide bonds. The fraction of sp³-hybridized carbons (Fsp3) is 0.286. The third-order valence-electron chi connectivity index (χ3n) is 2.48. The van der Waals surface area contributed by atoms with Crippen molar-refractivity contribution in [3.8, 4) is 5.75 Å². The summed E-state index contributed by atoms with van der Waals surface area (Å²) >= 11 is 0. The Balaban J connectivity index is 2.30. The lowest BCUT2D eigenvalue weighted by Gasteiger charge is -2.15. The average Bonchev–Trinajstić information content (AvgIpc) is 2.30. The Hall–Kier alpha value is -1.54. The van der Waals surface area contributed by atoms with Crippen LogP contribution in [0.15, 0.2) is 42.5 Å². The molecule has 0 aromatic heterocycles. The van der Waals surface area contributed by atoms with E-state index in [1.807, 2.05) is 31.2 Å². The molecule has 1 atom stereocenters. The maximum Gasteiger partial charge on any atom is 0.127 e. The van der Waals surface area contributed by atoms with E-state index >= 15 is 0 Å². The monoisotopic (exact) mass is 216 g/mol. The molecule has 0 N–H and O–H groups in total. The summed E-state index contributed by atoms with van der Waals surface area (Å²) in [5.74, 6) is 0.919. The SMILES string of the molecule is COCC(C)Oc1cccc2ccccc12. The summed E-state index contributed by atoms with van der Waals surface area (Å²) in [4.78, 5) is 0. The second-order valence-corrected chi connectivity index (χ2v) is 3.86. The van der Waals surface area contributed by atoms with Crippen LogP contribution in [0.3, 0.4) is 0 Å². The molecule has 1 unspecified atom stereocenters. The van der Waals surface area contributed by atoms with E-state index in [4.69, 9.17) is 9.47 Å². The van der Waals surface area contributed by atoms with Gasteiger partial charge in [0.25, 0.3) is 0 Å². The molecule has 0 aliphatic carbocycles. The minimum absolute atomic E-state index is 0.0656. The van der Waals surface area contributed by atoms with Gasteiger partial charge in [0.1, 0.15) is 11.9 Å². The predicted octanol–water partition coefficient (Wildman–Crippen LogP) is 3.25. The minimum Gasteiger partial charge on any atom is -0.488 e. The summed E-state index contributed by atoms with van der Waals surface area (Å²) in [6.07, 6.45) is 0.0656. The van der Waals surface area contributed by atoms with E-state index in [1.165, 1.54) is 5.39 Å². The van der Waals surface area contributed by atoms with Gasteiger partial charge in [0, 0.05) is 12.5 Å². The van der Waals surface area contributed by atoms with Gasteiger partial charge >= 0.3 is 0 Å². The van der Waals surface area contributed by atoms with E-state index in [0.717, 1.165) is 11.1 Å². The second kappa shape index (κ2) is 4.99. The second-order valence-electron chi connectivity index (χ2n) is 3.86. The van der Waals surface area contributed by atoms with Crippen molar-refractivity contribution >= 4 is 10.8 Å². The molecule has 2 nitrogen and oxygen atoms in total. The molecule has 0 saturated carbocycles. The Labute approximate surface area is 95.8 Å². The number of methoxy groups -OCH3 is 1. The predicted molar refractivity (Wildman–Crippen MR) is 65.9 cm³/mol. The molecule has 0 fully saturated rings. The largest absolute Gasteiger partial charge is 0.488 e. The summed E-state index contributed by atoms with van der Waals surface area (Å²) in [7, 11) is 1.68. The lowest BCUT2D eigenvalue weighted by molar-refractivity contribution is 0.0931. The van der Waals surface area contributed by atoms with Crippen LogP contribution in [0.4, 0.5) is 0 Å². The van der Waals surface area contributed by atoms with Crippen molar-refractivity contribution in [2.75, 3.05) is 13.7 Å². The van der Waals surface area contributed by atoms with Crippen molar-refractivity contribution in [3.05, 3.63) is 42.5 Å². The van der Waals surface area contributed by atoms with Crippen molar-refractivity contribution in [2.45, 2.75) is 13.0 Å². The maximum atomic E-state index is 5.84. The number of ether oxygens (including phenoxy) is 2. The molecule has 84 valence electrons. The number of fused-ring (bicyclic) bond motifs is 1. The van der Waals surface area contributed by atoms with E-state index in [0.29, 0.717) is 6.61 Å². The van der Waals surface area contributed by atoms with Gasteiger partial charge in [-0.25, -0.2) is 0 Å². The molecule has 0 saturated heterocycles. The zero-order valence-electron chi connectivity index (χ0n) is 9.64. The van der Waals surface area contributed by atoms with Gasteiger partial charge in [0.15, 0.2) is 0 Å². The third kappa shape index (κ3) is 2.34. The average molecular weight is 216 g/mol. The first-order chi connectivity index (χ1) is 7.81. The van der Waals surface area contributed by atoms with Crippen molar-refractivity contribution in [1.29, 1.82) is 0 Å². The van der Waals surface area contributed by atoms with Gasteiger partial charge in [-0.05, 0) is 18.4 Å². The van der Waals surface area contributed by atoms with Crippen molar-refractivity contribution in [2.24, 2.45) is 0 Å². The highest BCUT2D eigenvalue weighted by Gasteiger charge is 2.06. The van der Waals surface area contributed by atoms with Crippen molar-refractivity contribution in [1.82, 2.24) is 0 Å². The van der Waals surface area contributed by atoms with Gasteiger partial charge in [-0.2, -0.15) is 0 Å². The van der Waals surface area contributed by atoms with E-state index in [9.17, 15) is 0 Å². The van der Waals surface area contributed by atoms with Crippen LogP contribution >= 0.6 is 0 Å². The zero-order valence-corrected chi connectivity index (χ0v) is 9.64. The van der Waals surface area contributed by atoms with Crippen LogP contribution in [0, 0.1) is 0 Å². The first kappa shape index (κ1) is 11.0. The van der Waals surface area contributed by atoms with E-state index in [2.05, 4.69) is 18.2 Å². The quantitative estimate of drug-likeness (QED) is 0.781. The van der Waals surface area contributed by atoms with Crippen molar-refractivity contribution < 1.29 is 9.47 Å². The van der Waals surface area contributed by atoms with Gasteiger partial charge in [-0.3, -0.25) is 0 Å². The van der Waals surface area contributed by atoms with Gasteiger partial charge in [-0.15, -0.1) is 0 Å². The minimum atomic E-state index is 0.0656. The van der Waals surface area contributed by atoms with E-state index < -0.39 is 0 Å². The zero-order chi connectivity index (χ0) is 11.4. The fourth-order valence-corrected chi connectivity index (χ4v) is 1.78. The van der Waals surface area contributed by atoms with Gasteiger partial charge < -0.3 is 9.47 Å². The van der Waals surface area contributed by atoms with Gasteiger partial charge in [0.2, 0.25) is 0 Å².